The molecule has 0 fully saturated rings. The molecule has 0 aliphatic carbocycles. The summed E-state index contributed by atoms with van der Waals surface area (Å²) in [7, 11) is 1.97. The molecule has 1 rings (SSSR count). The number of carbonyl (C=O) groups excluding carboxylic acids is 1. The van der Waals surface area contributed by atoms with E-state index in [9.17, 15) is 4.79 Å². The zero-order chi connectivity index (χ0) is 17.7. The molecule has 0 saturated carbocycles. The van der Waals surface area contributed by atoms with Gasteiger partial charge in [0.1, 0.15) is 11.4 Å². The number of carbonyl (C=O) groups is 1. The van der Waals surface area contributed by atoms with E-state index in [1.54, 1.807) is 6.20 Å². The number of nitrogens with zero attached hydrogens (tertiary/aromatic N) is 2. The first-order valence-electron chi connectivity index (χ1n) is 8.19. The van der Waals surface area contributed by atoms with Crippen molar-refractivity contribution in [2.24, 2.45) is 13.0 Å². The number of hydrogen-bond acceptors (Lipinski definition) is 4. The standard InChI is InChI=1S/C17H32N4O2/c1-13(2)10-17(6,12-19-15(22)23-16(3,4)5)20-11-14-18-8-9-21(14)7/h8-9,13,20H,10-12H2,1-7H3,(H,19,22). The van der Waals surface area contributed by atoms with E-state index >= 15 is 0 Å². The lowest BCUT2D eigenvalue weighted by atomic mass is 9.90. The van der Waals surface area contributed by atoms with Gasteiger partial charge in [-0.25, -0.2) is 9.78 Å². The number of aromatic nitrogens is 2. The molecule has 0 bridgehead atoms. The number of ether oxygens (including phenoxy) is 1. The van der Waals surface area contributed by atoms with E-state index in [-0.39, 0.29) is 11.6 Å². The molecule has 6 heteroatoms. The van der Waals surface area contributed by atoms with Gasteiger partial charge in [0.25, 0.3) is 0 Å². The number of alkyl carbamates (subject to hydrolysis) is 1. The third-order valence-corrected chi connectivity index (χ3v) is 3.47. The van der Waals surface area contributed by atoms with Gasteiger partial charge in [-0.2, -0.15) is 0 Å². The average molecular weight is 324 g/mol. The van der Waals surface area contributed by atoms with E-state index in [0.717, 1.165) is 12.2 Å². The Hall–Kier alpha value is -1.56. The Morgan fingerprint density at radius 3 is 2.48 bits per heavy atom. The summed E-state index contributed by atoms with van der Waals surface area (Å²) >= 11 is 0. The van der Waals surface area contributed by atoms with Gasteiger partial charge in [0, 0.05) is 31.5 Å². The van der Waals surface area contributed by atoms with E-state index in [4.69, 9.17) is 4.74 Å². The predicted molar refractivity (Wildman–Crippen MR) is 92.1 cm³/mol. The molecule has 0 radical (unpaired) electrons. The van der Waals surface area contributed by atoms with E-state index in [1.165, 1.54) is 0 Å². The summed E-state index contributed by atoms with van der Waals surface area (Å²) in [6, 6.07) is 0. The van der Waals surface area contributed by atoms with Crippen molar-refractivity contribution in [2.75, 3.05) is 6.54 Å². The van der Waals surface area contributed by atoms with Crippen LogP contribution in [0.4, 0.5) is 4.79 Å². The maximum atomic E-state index is 11.9. The van der Waals surface area contributed by atoms with Crippen molar-refractivity contribution in [3.05, 3.63) is 18.2 Å². The first-order valence-corrected chi connectivity index (χ1v) is 8.19. The summed E-state index contributed by atoms with van der Waals surface area (Å²) < 4.78 is 7.30. The Balaban J connectivity index is 2.62. The molecule has 0 saturated heterocycles. The largest absolute Gasteiger partial charge is 0.444 e. The van der Waals surface area contributed by atoms with Gasteiger partial charge in [-0.05, 0) is 40.0 Å². The molecule has 132 valence electrons. The lowest BCUT2D eigenvalue weighted by Crippen LogP contribution is -2.52. The van der Waals surface area contributed by atoms with Gasteiger partial charge < -0.3 is 19.9 Å². The summed E-state index contributed by atoms with van der Waals surface area (Å²) in [4.78, 5) is 16.2. The van der Waals surface area contributed by atoms with Gasteiger partial charge in [-0.1, -0.05) is 13.8 Å². The molecule has 0 aliphatic heterocycles. The van der Waals surface area contributed by atoms with Crippen molar-refractivity contribution < 1.29 is 9.53 Å². The normalized spacial score (nSPS) is 14.6. The molecule has 1 unspecified atom stereocenters. The van der Waals surface area contributed by atoms with Crippen molar-refractivity contribution in [1.82, 2.24) is 20.2 Å². The highest BCUT2D eigenvalue weighted by Gasteiger charge is 2.27. The maximum Gasteiger partial charge on any atom is 0.407 e. The first kappa shape index (κ1) is 19.5. The fourth-order valence-corrected chi connectivity index (χ4v) is 2.55. The number of imidazole rings is 1. The topological polar surface area (TPSA) is 68.2 Å². The minimum atomic E-state index is -0.487. The lowest BCUT2D eigenvalue weighted by Gasteiger charge is -2.33. The molecule has 1 aromatic rings. The molecule has 0 aromatic carbocycles. The third kappa shape index (κ3) is 7.50. The Morgan fingerprint density at radius 2 is 2.00 bits per heavy atom. The second kappa shape index (κ2) is 7.81. The van der Waals surface area contributed by atoms with E-state index in [0.29, 0.717) is 19.0 Å². The van der Waals surface area contributed by atoms with Crippen LogP contribution in [0.1, 0.15) is 53.8 Å². The molecule has 1 atom stereocenters. The highest BCUT2D eigenvalue weighted by molar-refractivity contribution is 5.67. The molecule has 6 nitrogen and oxygen atoms in total. The van der Waals surface area contributed by atoms with E-state index < -0.39 is 5.60 Å². The number of aryl methyl sites for hydroxylation is 1. The Morgan fingerprint density at radius 1 is 1.35 bits per heavy atom. The van der Waals surface area contributed by atoms with Crippen LogP contribution in [-0.2, 0) is 18.3 Å². The SMILES string of the molecule is CC(C)CC(C)(CNC(=O)OC(C)(C)C)NCc1nccn1C. The zero-order valence-electron chi connectivity index (χ0n) is 15.6. The van der Waals surface area contributed by atoms with Crippen LogP contribution < -0.4 is 10.6 Å². The minimum absolute atomic E-state index is 0.225. The number of nitrogens with one attached hydrogen (secondary N) is 2. The lowest BCUT2D eigenvalue weighted by molar-refractivity contribution is 0.0507. The van der Waals surface area contributed by atoms with Crippen molar-refractivity contribution in [3.63, 3.8) is 0 Å². The van der Waals surface area contributed by atoms with Crippen molar-refractivity contribution in [1.29, 1.82) is 0 Å². The minimum Gasteiger partial charge on any atom is -0.444 e. The van der Waals surface area contributed by atoms with Crippen LogP contribution in [0.3, 0.4) is 0 Å². The van der Waals surface area contributed by atoms with Crippen LogP contribution in [0, 0.1) is 5.92 Å². The van der Waals surface area contributed by atoms with Gasteiger partial charge in [-0.3, -0.25) is 0 Å². The molecule has 1 aromatic heterocycles. The number of hydrogen-bond donors (Lipinski definition) is 2. The molecule has 0 spiro atoms. The van der Waals surface area contributed by atoms with Crippen LogP contribution in [0.5, 0.6) is 0 Å². The monoisotopic (exact) mass is 324 g/mol. The molecular weight excluding hydrogens is 292 g/mol. The average Bonchev–Trinajstić information content (AvgIpc) is 2.77. The van der Waals surface area contributed by atoms with Crippen LogP contribution in [0.25, 0.3) is 0 Å². The Kier molecular flexibility index (Phi) is 6.62. The molecule has 0 aliphatic rings. The van der Waals surface area contributed by atoms with Crippen LogP contribution >= 0.6 is 0 Å². The second-order valence-corrected chi connectivity index (χ2v) is 7.82. The quantitative estimate of drug-likeness (QED) is 0.809. The molecular formula is C17H32N4O2. The van der Waals surface area contributed by atoms with Gasteiger partial charge in [-0.15, -0.1) is 0 Å². The molecule has 2 N–H and O–H groups in total. The van der Waals surface area contributed by atoms with Crippen molar-refractivity contribution in [2.45, 2.75) is 65.6 Å². The second-order valence-electron chi connectivity index (χ2n) is 7.82. The Bertz CT molecular complexity index is 505. The molecule has 1 heterocycles. The van der Waals surface area contributed by atoms with Gasteiger partial charge >= 0.3 is 6.09 Å². The summed E-state index contributed by atoms with van der Waals surface area (Å²) in [5.74, 6) is 1.48. The van der Waals surface area contributed by atoms with Gasteiger partial charge in [0.2, 0.25) is 0 Å². The number of rotatable bonds is 7. The van der Waals surface area contributed by atoms with E-state index in [2.05, 4.69) is 36.4 Å². The zero-order valence-corrected chi connectivity index (χ0v) is 15.6. The van der Waals surface area contributed by atoms with Crippen molar-refractivity contribution in [3.8, 4) is 0 Å². The van der Waals surface area contributed by atoms with Crippen LogP contribution in [-0.4, -0.2) is 33.3 Å². The third-order valence-electron chi connectivity index (χ3n) is 3.47. The van der Waals surface area contributed by atoms with Gasteiger partial charge in [0.05, 0.1) is 6.54 Å². The van der Waals surface area contributed by atoms with Gasteiger partial charge in [0.15, 0.2) is 0 Å². The molecule has 1 amide bonds. The molecule has 23 heavy (non-hydrogen) atoms. The van der Waals surface area contributed by atoms with Crippen LogP contribution in [0.2, 0.25) is 0 Å². The van der Waals surface area contributed by atoms with Crippen molar-refractivity contribution >= 4 is 6.09 Å². The van der Waals surface area contributed by atoms with E-state index in [1.807, 2.05) is 38.6 Å². The smallest absolute Gasteiger partial charge is 0.407 e. The predicted octanol–water partition coefficient (Wildman–Crippen LogP) is 2.84. The summed E-state index contributed by atoms with van der Waals surface area (Å²) in [6.45, 7) is 13.2. The maximum absolute atomic E-state index is 11.9. The Labute approximate surface area is 140 Å². The fourth-order valence-electron chi connectivity index (χ4n) is 2.55. The fraction of sp³-hybridized carbons (Fsp3) is 0.765. The first-order chi connectivity index (χ1) is 10.5. The number of amides is 1. The summed E-state index contributed by atoms with van der Waals surface area (Å²) in [5, 5.41) is 6.41. The van der Waals surface area contributed by atoms with Crippen LogP contribution in [0.15, 0.2) is 12.4 Å². The highest BCUT2D eigenvalue weighted by Crippen LogP contribution is 2.17. The summed E-state index contributed by atoms with van der Waals surface area (Å²) in [6.07, 6.45) is 4.27. The summed E-state index contributed by atoms with van der Waals surface area (Å²) in [5.41, 5.74) is -0.712. The highest BCUT2D eigenvalue weighted by atomic mass is 16.6.